The highest BCUT2D eigenvalue weighted by Gasteiger charge is 1.99. The molecule has 0 saturated carbocycles. The Balaban J connectivity index is 2.02. The first-order valence-corrected chi connectivity index (χ1v) is 5.55. The molecule has 0 unspecified atom stereocenters. The number of thiazole rings is 1. The minimum atomic E-state index is 0.319. The molecule has 0 aliphatic heterocycles. The summed E-state index contributed by atoms with van der Waals surface area (Å²) in [6.07, 6.45) is 1.79. The summed E-state index contributed by atoms with van der Waals surface area (Å²) in [5.41, 5.74) is 1.79. The van der Waals surface area contributed by atoms with Gasteiger partial charge in [-0.3, -0.25) is 0 Å². The minimum absolute atomic E-state index is 0.319. The van der Waals surface area contributed by atoms with Crippen LogP contribution in [0.1, 0.15) is 10.6 Å². The summed E-state index contributed by atoms with van der Waals surface area (Å²) < 4.78 is 0. The maximum Gasteiger partial charge on any atom is 0.120 e. The number of hydrogen-bond acceptors (Lipinski definition) is 4. The van der Waals surface area contributed by atoms with E-state index >= 15 is 0 Å². The lowest BCUT2D eigenvalue weighted by molar-refractivity contribution is 0.471. The van der Waals surface area contributed by atoms with Crippen LogP contribution in [0, 0.1) is 6.92 Å². The molecule has 1 aromatic carbocycles. The summed E-state index contributed by atoms with van der Waals surface area (Å²) in [5.74, 6) is 0.319. The van der Waals surface area contributed by atoms with E-state index in [-0.39, 0.29) is 0 Å². The zero-order valence-corrected chi connectivity index (χ0v) is 9.21. The van der Waals surface area contributed by atoms with Crippen LogP contribution >= 0.6 is 11.3 Å². The molecule has 0 aliphatic rings. The number of anilines is 1. The second-order valence-corrected chi connectivity index (χ2v) is 4.26. The molecule has 0 saturated heterocycles. The highest BCUT2D eigenvalue weighted by molar-refractivity contribution is 7.09. The monoisotopic (exact) mass is 220 g/mol. The fourth-order valence-electron chi connectivity index (χ4n) is 1.24. The normalized spacial score (nSPS) is 10.2. The van der Waals surface area contributed by atoms with Crippen LogP contribution in [0.25, 0.3) is 0 Å². The average molecular weight is 220 g/mol. The van der Waals surface area contributed by atoms with Crippen LogP contribution < -0.4 is 5.32 Å². The van der Waals surface area contributed by atoms with Crippen molar-refractivity contribution in [1.82, 2.24) is 4.98 Å². The summed E-state index contributed by atoms with van der Waals surface area (Å²) >= 11 is 1.61. The number of nitrogens with zero attached hydrogens (tertiary/aromatic N) is 1. The van der Waals surface area contributed by atoms with Crippen molar-refractivity contribution in [2.45, 2.75) is 13.5 Å². The van der Waals surface area contributed by atoms with Crippen LogP contribution in [0.4, 0.5) is 5.69 Å². The Bertz CT molecular complexity index is 440. The van der Waals surface area contributed by atoms with Crippen LogP contribution in [0.15, 0.2) is 29.8 Å². The molecule has 0 spiro atoms. The second kappa shape index (κ2) is 4.31. The summed E-state index contributed by atoms with van der Waals surface area (Å²) in [6, 6.07) is 5.56. The molecule has 0 fully saturated rings. The quantitative estimate of drug-likeness (QED) is 0.836. The number of benzene rings is 1. The fourth-order valence-corrected chi connectivity index (χ4v) is 1.79. The number of aromatic hydroxyl groups is 1. The summed E-state index contributed by atoms with van der Waals surface area (Å²) in [4.78, 5) is 4.16. The number of nitrogens with one attached hydrogen (secondary N) is 1. The maximum absolute atomic E-state index is 9.50. The van der Waals surface area contributed by atoms with Gasteiger partial charge in [-0.2, -0.15) is 0 Å². The van der Waals surface area contributed by atoms with Crippen molar-refractivity contribution in [1.29, 1.82) is 0 Å². The molecule has 2 aromatic rings. The molecule has 0 radical (unpaired) electrons. The predicted molar refractivity (Wildman–Crippen MR) is 62.3 cm³/mol. The topological polar surface area (TPSA) is 45.2 Å². The molecule has 2 rings (SSSR count). The van der Waals surface area contributed by atoms with Gasteiger partial charge in [-0.1, -0.05) is 6.07 Å². The van der Waals surface area contributed by atoms with Gasteiger partial charge in [0.1, 0.15) is 10.8 Å². The van der Waals surface area contributed by atoms with Gasteiger partial charge in [-0.25, -0.2) is 4.98 Å². The third-order valence-electron chi connectivity index (χ3n) is 2.14. The molecule has 0 aliphatic carbocycles. The number of rotatable bonds is 3. The molecule has 15 heavy (non-hydrogen) atoms. The summed E-state index contributed by atoms with van der Waals surface area (Å²) in [6.45, 7) is 2.57. The standard InChI is InChI=1S/C11H12N2OS/c1-8-2-3-9(6-10(8)14)13-7-11-12-4-5-15-11/h2-6,13-14H,7H2,1H3. The summed E-state index contributed by atoms with van der Waals surface area (Å²) in [7, 11) is 0. The first kappa shape index (κ1) is 9.98. The van der Waals surface area contributed by atoms with Gasteiger partial charge < -0.3 is 10.4 Å². The van der Waals surface area contributed by atoms with Gasteiger partial charge in [0, 0.05) is 23.3 Å². The zero-order valence-electron chi connectivity index (χ0n) is 8.40. The molecule has 0 amide bonds. The molecular weight excluding hydrogens is 208 g/mol. The van der Waals surface area contributed by atoms with Gasteiger partial charge in [-0.15, -0.1) is 11.3 Å². The van der Waals surface area contributed by atoms with Crippen LogP contribution in [-0.2, 0) is 6.54 Å². The summed E-state index contributed by atoms with van der Waals surface area (Å²) in [5, 5.41) is 15.7. The molecule has 1 heterocycles. The van der Waals surface area contributed by atoms with Crippen molar-refractivity contribution >= 4 is 17.0 Å². The lowest BCUT2D eigenvalue weighted by atomic mass is 10.2. The van der Waals surface area contributed by atoms with E-state index in [1.807, 2.05) is 24.4 Å². The predicted octanol–water partition coefficient (Wildman–Crippen LogP) is 2.77. The number of phenolic OH excluding ortho intramolecular Hbond substituents is 1. The number of phenols is 1. The van der Waals surface area contributed by atoms with E-state index in [2.05, 4.69) is 10.3 Å². The van der Waals surface area contributed by atoms with E-state index in [1.165, 1.54) is 0 Å². The Kier molecular flexibility index (Phi) is 2.87. The lowest BCUT2D eigenvalue weighted by Gasteiger charge is -2.05. The molecule has 1 aromatic heterocycles. The SMILES string of the molecule is Cc1ccc(NCc2nccs2)cc1O. The molecule has 78 valence electrons. The van der Waals surface area contributed by atoms with Gasteiger partial charge in [0.15, 0.2) is 0 Å². The van der Waals surface area contributed by atoms with Crippen molar-refractivity contribution in [3.63, 3.8) is 0 Å². The first-order chi connectivity index (χ1) is 7.25. The third-order valence-corrected chi connectivity index (χ3v) is 2.92. The molecular formula is C11H12N2OS. The highest BCUT2D eigenvalue weighted by Crippen LogP contribution is 2.21. The van der Waals surface area contributed by atoms with Crippen molar-refractivity contribution in [2.24, 2.45) is 0 Å². The van der Waals surface area contributed by atoms with Crippen molar-refractivity contribution in [2.75, 3.05) is 5.32 Å². The smallest absolute Gasteiger partial charge is 0.120 e. The molecule has 0 atom stereocenters. The molecule has 4 heteroatoms. The Labute approximate surface area is 92.4 Å². The molecule has 2 N–H and O–H groups in total. The van der Waals surface area contributed by atoms with Crippen molar-refractivity contribution < 1.29 is 5.11 Å². The number of hydrogen-bond donors (Lipinski definition) is 2. The van der Waals surface area contributed by atoms with Crippen LogP contribution in [0.3, 0.4) is 0 Å². The van der Waals surface area contributed by atoms with E-state index in [0.717, 1.165) is 16.3 Å². The van der Waals surface area contributed by atoms with E-state index in [4.69, 9.17) is 0 Å². The van der Waals surface area contributed by atoms with Crippen LogP contribution in [0.2, 0.25) is 0 Å². The number of aromatic nitrogens is 1. The third kappa shape index (κ3) is 2.47. The Morgan fingerprint density at radius 2 is 2.33 bits per heavy atom. The van der Waals surface area contributed by atoms with Gasteiger partial charge in [-0.05, 0) is 18.6 Å². The first-order valence-electron chi connectivity index (χ1n) is 4.67. The highest BCUT2D eigenvalue weighted by atomic mass is 32.1. The van der Waals surface area contributed by atoms with E-state index in [0.29, 0.717) is 12.3 Å². The average Bonchev–Trinajstić information content (AvgIpc) is 2.73. The fraction of sp³-hybridized carbons (Fsp3) is 0.182. The van der Waals surface area contributed by atoms with Gasteiger partial charge in [0.25, 0.3) is 0 Å². The number of aryl methyl sites for hydroxylation is 1. The van der Waals surface area contributed by atoms with Crippen LogP contribution in [0.5, 0.6) is 5.75 Å². The van der Waals surface area contributed by atoms with Gasteiger partial charge >= 0.3 is 0 Å². The van der Waals surface area contributed by atoms with Crippen LogP contribution in [-0.4, -0.2) is 10.1 Å². The van der Waals surface area contributed by atoms with E-state index in [9.17, 15) is 5.11 Å². The van der Waals surface area contributed by atoms with Crippen molar-refractivity contribution in [3.8, 4) is 5.75 Å². The zero-order chi connectivity index (χ0) is 10.7. The minimum Gasteiger partial charge on any atom is -0.508 e. The largest absolute Gasteiger partial charge is 0.508 e. The maximum atomic E-state index is 9.50. The van der Waals surface area contributed by atoms with E-state index < -0.39 is 0 Å². The lowest BCUT2D eigenvalue weighted by Crippen LogP contribution is -1.98. The Hall–Kier alpha value is -1.55. The molecule has 3 nitrogen and oxygen atoms in total. The second-order valence-electron chi connectivity index (χ2n) is 3.28. The Morgan fingerprint density at radius 3 is 3.00 bits per heavy atom. The van der Waals surface area contributed by atoms with E-state index in [1.54, 1.807) is 23.6 Å². The van der Waals surface area contributed by atoms with Gasteiger partial charge in [0.2, 0.25) is 0 Å². The van der Waals surface area contributed by atoms with Crippen molar-refractivity contribution in [3.05, 3.63) is 40.3 Å². The molecule has 0 bridgehead atoms. The Morgan fingerprint density at radius 1 is 1.47 bits per heavy atom. The van der Waals surface area contributed by atoms with Gasteiger partial charge in [0.05, 0.1) is 6.54 Å².